The lowest BCUT2D eigenvalue weighted by atomic mass is 10.1. The summed E-state index contributed by atoms with van der Waals surface area (Å²) in [5.74, 6) is 0.303. The number of rotatable bonds is 5. The van der Waals surface area contributed by atoms with E-state index in [1.165, 1.54) is 23.0 Å². The van der Waals surface area contributed by atoms with Gasteiger partial charge in [-0.1, -0.05) is 11.6 Å². The number of halogens is 2. The number of fused-ring (bicyclic) bond motifs is 1. The lowest BCUT2D eigenvalue weighted by Gasteiger charge is -2.06. The van der Waals surface area contributed by atoms with E-state index in [4.69, 9.17) is 20.8 Å². The van der Waals surface area contributed by atoms with Gasteiger partial charge < -0.3 is 14.5 Å². The highest BCUT2D eigenvalue weighted by atomic mass is 35.5. The van der Waals surface area contributed by atoms with Gasteiger partial charge in [0.25, 0.3) is 5.91 Å². The molecule has 0 unspecified atom stereocenters. The predicted molar refractivity (Wildman–Crippen MR) is 127 cm³/mol. The number of ether oxygens (including phenoxy) is 1. The molecule has 0 bridgehead atoms. The molecule has 0 spiro atoms. The van der Waals surface area contributed by atoms with E-state index in [1.54, 1.807) is 25.3 Å². The van der Waals surface area contributed by atoms with Crippen LogP contribution < -0.4 is 10.1 Å². The molecule has 0 saturated heterocycles. The molecule has 0 aliphatic heterocycles. The van der Waals surface area contributed by atoms with Crippen LogP contribution in [0.25, 0.3) is 28.0 Å². The molecule has 34 heavy (non-hydrogen) atoms. The lowest BCUT2D eigenvalue weighted by molar-refractivity contribution is 0.0997. The van der Waals surface area contributed by atoms with Crippen molar-refractivity contribution in [1.82, 2.24) is 15.0 Å². The molecule has 3 aromatic carbocycles. The Labute approximate surface area is 198 Å². The molecule has 0 radical (unpaired) electrons. The lowest BCUT2D eigenvalue weighted by Crippen LogP contribution is -2.11. The molecule has 0 fully saturated rings. The Bertz CT molecular complexity index is 1530. The van der Waals surface area contributed by atoms with Gasteiger partial charge in [0.15, 0.2) is 5.76 Å². The van der Waals surface area contributed by atoms with E-state index in [2.05, 4.69) is 15.5 Å². The third kappa shape index (κ3) is 4.11. The zero-order valence-corrected chi connectivity index (χ0v) is 18.9. The molecule has 0 aliphatic rings. The predicted octanol–water partition coefficient (Wildman–Crippen LogP) is 6.04. The van der Waals surface area contributed by atoms with Gasteiger partial charge in [-0.3, -0.25) is 4.79 Å². The van der Waals surface area contributed by atoms with E-state index >= 15 is 0 Å². The van der Waals surface area contributed by atoms with Crippen molar-refractivity contribution in [2.75, 3.05) is 12.4 Å². The molecule has 2 aromatic heterocycles. The molecule has 9 heteroatoms. The summed E-state index contributed by atoms with van der Waals surface area (Å²) in [5.41, 5.74) is 4.07. The van der Waals surface area contributed by atoms with E-state index < -0.39 is 11.7 Å². The fraction of sp³-hybridized carbons (Fsp3) is 0.0800. The Morgan fingerprint density at radius 1 is 1.03 bits per heavy atom. The molecule has 0 atom stereocenters. The minimum absolute atomic E-state index is 0.0217. The normalized spacial score (nSPS) is 11.1. The number of furan rings is 1. The fourth-order valence-corrected chi connectivity index (χ4v) is 3.66. The van der Waals surface area contributed by atoms with Gasteiger partial charge in [0, 0.05) is 11.3 Å². The van der Waals surface area contributed by atoms with Crippen LogP contribution in [-0.4, -0.2) is 28.0 Å². The number of hydrogen-bond donors (Lipinski definition) is 1. The number of hydrogen-bond acceptors (Lipinski definition) is 5. The van der Waals surface area contributed by atoms with Gasteiger partial charge in [-0.25, -0.2) is 4.39 Å². The Hall–Kier alpha value is -4.17. The molecule has 170 valence electrons. The summed E-state index contributed by atoms with van der Waals surface area (Å²) < 4.78 is 24.3. The SMILES string of the molecule is COc1ccc(-n2nc3cc(C)c(NC(=O)c4ccc(-c5ccc(F)c(Cl)c5)o4)cc3n2)cc1. The summed E-state index contributed by atoms with van der Waals surface area (Å²) in [6.45, 7) is 1.87. The molecule has 0 saturated carbocycles. The molecule has 1 N–H and O–H groups in total. The molecular formula is C25H18ClFN4O3. The van der Waals surface area contributed by atoms with E-state index in [-0.39, 0.29) is 10.8 Å². The smallest absolute Gasteiger partial charge is 0.291 e. The molecule has 1 amide bonds. The summed E-state index contributed by atoms with van der Waals surface area (Å²) in [6, 6.07) is 18.4. The van der Waals surface area contributed by atoms with Crippen molar-refractivity contribution in [1.29, 1.82) is 0 Å². The van der Waals surface area contributed by atoms with Gasteiger partial charge in [0.05, 0.1) is 17.8 Å². The first-order valence-corrected chi connectivity index (χ1v) is 10.7. The first kappa shape index (κ1) is 21.7. The highest BCUT2D eigenvalue weighted by molar-refractivity contribution is 6.31. The Kier molecular flexibility index (Phi) is 5.51. The molecule has 7 nitrogen and oxygen atoms in total. The van der Waals surface area contributed by atoms with Crippen molar-refractivity contribution >= 4 is 34.2 Å². The van der Waals surface area contributed by atoms with Crippen LogP contribution in [-0.2, 0) is 0 Å². The largest absolute Gasteiger partial charge is 0.497 e. The van der Waals surface area contributed by atoms with Crippen molar-refractivity contribution in [3.8, 4) is 22.8 Å². The molecule has 5 rings (SSSR count). The first-order valence-electron chi connectivity index (χ1n) is 10.3. The molecule has 0 aliphatic carbocycles. The maximum atomic E-state index is 13.4. The van der Waals surface area contributed by atoms with E-state index in [0.717, 1.165) is 17.0 Å². The highest BCUT2D eigenvalue weighted by Gasteiger charge is 2.16. The average molecular weight is 477 g/mol. The number of aryl methyl sites for hydroxylation is 1. The minimum atomic E-state index is -0.523. The van der Waals surface area contributed by atoms with Crippen LogP contribution in [0.2, 0.25) is 5.02 Å². The van der Waals surface area contributed by atoms with Crippen molar-refractivity contribution < 1.29 is 18.3 Å². The number of carbonyl (C=O) groups excluding carboxylic acids is 1. The van der Waals surface area contributed by atoms with Crippen LogP contribution in [0, 0.1) is 12.7 Å². The topological polar surface area (TPSA) is 82.2 Å². The van der Waals surface area contributed by atoms with E-state index in [0.29, 0.717) is 28.0 Å². The summed E-state index contributed by atoms with van der Waals surface area (Å²) in [6.07, 6.45) is 0. The van der Waals surface area contributed by atoms with Gasteiger partial charge in [-0.15, -0.1) is 10.2 Å². The van der Waals surface area contributed by atoms with Crippen LogP contribution in [0.5, 0.6) is 5.75 Å². The van der Waals surface area contributed by atoms with Gasteiger partial charge in [0.2, 0.25) is 0 Å². The van der Waals surface area contributed by atoms with E-state index in [9.17, 15) is 9.18 Å². The minimum Gasteiger partial charge on any atom is -0.497 e. The number of anilines is 1. The summed E-state index contributed by atoms with van der Waals surface area (Å²) in [5, 5.41) is 11.9. The van der Waals surface area contributed by atoms with Crippen LogP contribution in [0.3, 0.4) is 0 Å². The van der Waals surface area contributed by atoms with Crippen molar-refractivity contribution in [2.45, 2.75) is 6.92 Å². The third-order valence-corrected chi connectivity index (χ3v) is 5.60. The highest BCUT2D eigenvalue weighted by Crippen LogP contribution is 2.28. The zero-order chi connectivity index (χ0) is 23.8. The second-order valence-corrected chi connectivity index (χ2v) is 8.00. The zero-order valence-electron chi connectivity index (χ0n) is 18.2. The summed E-state index contributed by atoms with van der Waals surface area (Å²) in [4.78, 5) is 14.3. The van der Waals surface area contributed by atoms with Crippen LogP contribution >= 0.6 is 11.6 Å². The van der Waals surface area contributed by atoms with Gasteiger partial charge in [-0.2, -0.15) is 4.80 Å². The van der Waals surface area contributed by atoms with Crippen molar-refractivity contribution in [2.24, 2.45) is 0 Å². The number of amides is 1. The molecule has 2 heterocycles. The van der Waals surface area contributed by atoms with Crippen molar-refractivity contribution in [3.05, 3.63) is 88.9 Å². The third-order valence-electron chi connectivity index (χ3n) is 5.31. The quantitative estimate of drug-likeness (QED) is 0.334. The number of methoxy groups -OCH3 is 1. The number of benzene rings is 3. The van der Waals surface area contributed by atoms with Crippen LogP contribution in [0.15, 0.2) is 71.1 Å². The van der Waals surface area contributed by atoms with Crippen LogP contribution in [0.1, 0.15) is 16.1 Å². The molecule has 5 aromatic rings. The molecular weight excluding hydrogens is 459 g/mol. The van der Waals surface area contributed by atoms with Gasteiger partial charge in [-0.05, 0) is 79.2 Å². The van der Waals surface area contributed by atoms with Crippen molar-refractivity contribution in [3.63, 3.8) is 0 Å². The number of nitrogens with zero attached hydrogens (tertiary/aromatic N) is 3. The Balaban J connectivity index is 1.39. The number of nitrogens with one attached hydrogen (secondary N) is 1. The average Bonchev–Trinajstić information content (AvgIpc) is 3.49. The summed E-state index contributed by atoms with van der Waals surface area (Å²) >= 11 is 5.85. The maximum Gasteiger partial charge on any atom is 0.291 e. The van der Waals surface area contributed by atoms with Crippen LogP contribution in [0.4, 0.5) is 10.1 Å². The summed E-state index contributed by atoms with van der Waals surface area (Å²) in [7, 11) is 1.61. The van der Waals surface area contributed by atoms with Gasteiger partial charge >= 0.3 is 0 Å². The number of carbonyl (C=O) groups is 1. The monoisotopic (exact) mass is 476 g/mol. The fourth-order valence-electron chi connectivity index (χ4n) is 3.48. The first-order chi connectivity index (χ1) is 16.4. The Morgan fingerprint density at radius 3 is 2.47 bits per heavy atom. The Morgan fingerprint density at radius 2 is 1.76 bits per heavy atom. The maximum absolute atomic E-state index is 13.4. The van der Waals surface area contributed by atoms with Gasteiger partial charge in [0.1, 0.15) is 28.4 Å². The second kappa shape index (κ2) is 8.64. The standard InChI is InChI=1S/C25H18ClFN4O3/c1-14-11-21-22(30-31(29-21)16-4-6-17(33-2)7-5-16)13-20(14)28-25(32)24-10-9-23(34-24)15-3-8-19(27)18(26)12-15/h3-13H,1-2H3,(H,28,32). The van der Waals surface area contributed by atoms with E-state index in [1.807, 2.05) is 37.3 Å². The second-order valence-electron chi connectivity index (χ2n) is 7.59. The number of aromatic nitrogens is 3.